The van der Waals surface area contributed by atoms with E-state index in [1.807, 2.05) is 0 Å². The number of carboxylic acid groups (broad SMARTS) is 1. The first kappa shape index (κ1) is 45.1. The number of thiol groups is 1. The lowest BCUT2D eigenvalue weighted by molar-refractivity contribution is -0.145. The van der Waals surface area contributed by atoms with Gasteiger partial charge in [-0.2, -0.15) is 12.6 Å². The third-order valence-electron chi connectivity index (χ3n) is 7.81. The zero-order valence-corrected chi connectivity index (χ0v) is 30.6. The first-order chi connectivity index (χ1) is 24.6. The molecular weight excluding hydrogens is 706 g/mol. The van der Waals surface area contributed by atoms with Gasteiger partial charge in [-0.1, -0.05) is 50.6 Å². The predicted octanol–water partition coefficient (Wildman–Crippen LogP) is -0.432. The van der Waals surface area contributed by atoms with E-state index in [1.54, 1.807) is 44.2 Å². The fourth-order valence-electron chi connectivity index (χ4n) is 4.53. The molecule has 0 aliphatic heterocycles. The first-order valence-corrected chi connectivity index (χ1v) is 17.1. The third-order valence-corrected chi connectivity index (χ3v) is 8.06. The summed E-state index contributed by atoms with van der Waals surface area (Å²) in [5.74, 6) is -7.54. The van der Waals surface area contributed by atoms with Gasteiger partial charge in [0.15, 0.2) is 0 Å². The van der Waals surface area contributed by atoms with Crippen molar-refractivity contribution in [2.45, 2.75) is 95.8 Å². The fraction of sp³-hybridized carbons (Fsp3) is 0.576. The van der Waals surface area contributed by atoms with Crippen LogP contribution in [0.4, 0.5) is 4.79 Å². The lowest BCUT2D eigenvalue weighted by atomic mass is 9.97. The van der Waals surface area contributed by atoms with Crippen LogP contribution in [0.1, 0.15) is 58.4 Å². The molecule has 19 heteroatoms. The molecule has 1 aromatic carbocycles. The standard InChI is InChI=1S/C33H49N5O13S/c1-6-18(2)26(38-33(48)51-17-20-10-8-7-9-11-20)30(44)34-21(12-13-24(40)49-4)28(42)37-27(19(3)39)31(45)36-23(16-25(41)50-5)29(43)35-22(14-15-52)32(46)47/h7-11,18-19,21-23,26-27,39,52H,6,12-17H2,1-5H3,(H,34,44)(H,35,43)(H,36,45)(H,37,42)(H,38,48)(H,46,47)/t18?,19?,21?,22-,23?,26?,27?/m1/s1. The molecule has 6 unspecified atom stereocenters. The monoisotopic (exact) mass is 755 g/mol. The minimum atomic E-state index is -1.79. The second kappa shape index (κ2) is 23.5. The second-order valence-electron chi connectivity index (χ2n) is 11.7. The van der Waals surface area contributed by atoms with E-state index in [9.17, 15) is 48.6 Å². The van der Waals surface area contributed by atoms with Crippen LogP contribution < -0.4 is 26.6 Å². The number of carboxylic acids is 1. The average Bonchev–Trinajstić information content (AvgIpc) is 3.12. The zero-order chi connectivity index (χ0) is 39.4. The molecule has 7 N–H and O–H groups in total. The van der Waals surface area contributed by atoms with E-state index in [0.29, 0.717) is 12.0 Å². The SMILES string of the molecule is CCC(C)C(NC(=O)OCc1ccccc1)C(=O)NC(CCC(=O)OC)C(=O)NC(C(=O)NC(CC(=O)OC)C(=O)N[C@H](CCS)C(=O)O)C(C)O. The van der Waals surface area contributed by atoms with Gasteiger partial charge in [-0.05, 0) is 37.0 Å². The van der Waals surface area contributed by atoms with Crippen LogP contribution in [0.25, 0.3) is 0 Å². The van der Waals surface area contributed by atoms with Crippen molar-refractivity contribution in [1.82, 2.24) is 26.6 Å². The molecule has 0 bridgehead atoms. The lowest BCUT2D eigenvalue weighted by Gasteiger charge is -2.28. The largest absolute Gasteiger partial charge is 0.480 e. The van der Waals surface area contributed by atoms with Crippen LogP contribution in [0.2, 0.25) is 0 Å². The Bertz CT molecular complexity index is 1380. The molecule has 0 fully saturated rings. The highest BCUT2D eigenvalue weighted by atomic mass is 32.1. The summed E-state index contributed by atoms with van der Waals surface area (Å²) >= 11 is 3.96. The van der Waals surface area contributed by atoms with Crippen molar-refractivity contribution < 1.29 is 62.8 Å². The minimum Gasteiger partial charge on any atom is -0.480 e. The van der Waals surface area contributed by atoms with Crippen molar-refractivity contribution in [1.29, 1.82) is 0 Å². The summed E-state index contributed by atoms with van der Waals surface area (Å²) in [4.78, 5) is 102. The molecule has 1 aromatic rings. The van der Waals surface area contributed by atoms with Gasteiger partial charge in [-0.3, -0.25) is 28.8 Å². The van der Waals surface area contributed by atoms with E-state index >= 15 is 0 Å². The van der Waals surface area contributed by atoms with Gasteiger partial charge in [-0.15, -0.1) is 0 Å². The number of methoxy groups -OCH3 is 2. The molecule has 0 heterocycles. The van der Waals surface area contributed by atoms with E-state index in [4.69, 9.17) is 4.74 Å². The van der Waals surface area contributed by atoms with Crippen molar-refractivity contribution in [3.05, 3.63) is 35.9 Å². The summed E-state index contributed by atoms with van der Waals surface area (Å²) in [5.41, 5.74) is 0.702. The molecule has 0 aliphatic carbocycles. The second-order valence-corrected chi connectivity index (χ2v) is 12.2. The van der Waals surface area contributed by atoms with Crippen LogP contribution in [0.5, 0.6) is 0 Å². The number of nitrogens with one attached hydrogen (secondary N) is 5. The molecule has 0 saturated heterocycles. The molecule has 52 heavy (non-hydrogen) atoms. The molecule has 18 nitrogen and oxygen atoms in total. The number of aliphatic carboxylic acids is 1. The number of aliphatic hydroxyl groups excluding tert-OH is 1. The highest BCUT2D eigenvalue weighted by molar-refractivity contribution is 7.80. The smallest absolute Gasteiger partial charge is 0.408 e. The number of ether oxygens (including phenoxy) is 3. The Morgan fingerprint density at radius 1 is 0.731 bits per heavy atom. The van der Waals surface area contributed by atoms with Crippen molar-refractivity contribution in [2.24, 2.45) is 5.92 Å². The number of hydrogen-bond acceptors (Lipinski definition) is 13. The zero-order valence-electron chi connectivity index (χ0n) is 29.7. The number of benzene rings is 1. The summed E-state index contributed by atoms with van der Waals surface area (Å²) in [5, 5.41) is 31.6. The Kier molecular flexibility index (Phi) is 20.4. The van der Waals surface area contributed by atoms with Crippen molar-refractivity contribution in [3.63, 3.8) is 0 Å². The average molecular weight is 756 g/mol. The topological polar surface area (TPSA) is 265 Å². The van der Waals surface area contributed by atoms with Crippen molar-refractivity contribution >= 4 is 60.3 Å². The number of carbonyl (C=O) groups excluding carboxylic acids is 7. The number of aliphatic hydroxyl groups is 1. The van der Waals surface area contributed by atoms with Crippen LogP contribution in [0.15, 0.2) is 30.3 Å². The third kappa shape index (κ3) is 16.0. The van der Waals surface area contributed by atoms with Gasteiger partial charge in [0.25, 0.3) is 0 Å². The molecule has 290 valence electrons. The van der Waals surface area contributed by atoms with Gasteiger partial charge >= 0.3 is 24.0 Å². The maximum absolute atomic E-state index is 13.6. The Hall–Kier alpha value is -4.91. The normalized spacial score (nSPS) is 14.8. The Morgan fingerprint density at radius 3 is 1.83 bits per heavy atom. The molecular formula is C33H49N5O13S. The first-order valence-electron chi connectivity index (χ1n) is 16.4. The van der Waals surface area contributed by atoms with E-state index in [2.05, 4.69) is 48.7 Å². The molecule has 0 radical (unpaired) electrons. The number of rotatable bonds is 22. The van der Waals surface area contributed by atoms with Crippen LogP contribution in [0, 0.1) is 5.92 Å². The Balaban J connectivity index is 3.24. The number of esters is 2. The molecule has 0 aliphatic rings. The summed E-state index contributed by atoms with van der Waals surface area (Å²) in [7, 11) is 2.14. The van der Waals surface area contributed by atoms with Gasteiger partial charge in [0.1, 0.15) is 36.8 Å². The molecule has 5 amide bonds. The molecule has 0 spiro atoms. The summed E-state index contributed by atoms with van der Waals surface area (Å²) in [6.07, 6.45) is -3.63. The van der Waals surface area contributed by atoms with Gasteiger partial charge in [0.05, 0.1) is 26.7 Å². The van der Waals surface area contributed by atoms with Crippen molar-refractivity contribution in [2.75, 3.05) is 20.0 Å². The van der Waals surface area contributed by atoms with Gasteiger partial charge in [0, 0.05) is 6.42 Å². The number of carbonyl (C=O) groups is 8. The molecule has 1 rings (SSSR count). The van der Waals surface area contributed by atoms with Crippen LogP contribution in [-0.4, -0.2) is 114 Å². The quantitative estimate of drug-likeness (QED) is 0.0425. The summed E-state index contributed by atoms with van der Waals surface area (Å²) in [6, 6.07) is 1.19. The van der Waals surface area contributed by atoms with Crippen LogP contribution in [0.3, 0.4) is 0 Å². The lowest BCUT2D eigenvalue weighted by Crippen LogP contribution is -2.61. The van der Waals surface area contributed by atoms with Gasteiger partial charge in [0.2, 0.25) is 23.6 Å². The maximum atomic E-state index is 13.6. The molecule has 0 saturated carbocycles. The Labute approximate surface area is 306 Å². The van der Waals surface area contributed by atoms with Crippen LogP contribution >= 0.6 is 12.6 Å². The summed E-state index contributed by atoms with van der Waals surface area (Å²) < 4.78 is 14.5. The highest BCUT2D eigenvalue weighted by Crippen LogP contribution is 2.11. The number of hydrogen-bond donors (Lipinski definition) is 8. The van der Waals surface area contributed by atoms with Crippen molar-refractivity contribution in [3.8, 4) is 0 Å². The molecule has 7 atom stereocenters. The number of alkyl carbamates (subject to hydrolysis) is 1. The van der Waals surface area contributed by atoms with E-state index in [1.165, 1.54) is 0 Å². The number of amides is 5. The van der Waals surface area contributed by atoms with E-state index in [-0.39, 0.29) is 31.6 Å². The van der Waals surface area contributed by atoms with E-state index in [0.717, 1.165) is 21.1 Å². The van der Waals surface area contributed by atoms with Gasteiger partial charge in [-0.25, -0.2) is 9.59 Å². The summed E-state index contributed by atoms with van der Waals surface area (Å²) in [6.45, 7) is 4.51. The Morgan fingerprint density at radius 2 is 1.29 bits per heavy atom. The maximum Gasteiger partial charge on any atom is 0.408 e. The van der Waals surface area contributed by atoms with E-state index < -0.39 is 96.3 Å². The van der Waals surface area contributed by atoms with Gasteiger partial charge < -0.3 is 51.0 Å². The minimum absolute atomic E-state index is 0.0770. The fourth-order valence-corrected chi connectivity index (χ4v) is 4.79. The van der Waals surface area contributed by atoms with Crippen LogP contribution in [-0.2, 0) is 54.4 Å². The predicted molar refractivity (Wildman–Crippen MR) is 186 cm³/mol. The molecule has 0 aromatic heterocycles. The highest BCUT2D eigenvalue weighted by Gasteiger charge is 2.36.